The van der Waals surface area contributed by atoms with Crippen LogP contribution in [0.3, 0.4) is 0 Å². The Morgan fingerprint density at radius 1 is 0.440 bits per heavy atom. The molecule has 6 aromatic carbocycles. The highest BCUT2D eigenvalue weighted by Crippen LogP contribution is 2.40. The zero-order valence-electron chi connectivity index (χ0n) is 26.7. The van der Waals surface area contributed by atoms with Crippen molar-refractivity contribution in [1.29, 1.82) is 0 Å². The minimum atomic E-state index is 0.498. The van der Waals surface area contributed by atoms with E-state index in [1.165, 1.54) is 5.39 Å². The average molecular weight is 642 g/mol. The average Bonchev–Trinajstić information content (AvgIpc) is 3.72. The van der Waals surface area contributed by atoms with Crippen molar-refractivity contribution in [1.82, 2.24) is 24.5 Å². The van der Waals surface area contributed by atoms with E-state index < -0.39 is 0 Å². The minimum Gasteiger partial charge on any atom is -0.455 e. The Bertz CT molecular complexity index is 2860. The lowest BCUT2D eigenvalue weighted by Gasteiger charge is -2.09. The van der Waals surface area contributed by atoms with Gasteiger partial charge in [-0.1, -0.05) is 103 Å². The number of furan rings is 1. The van der Waals surface area contributed by atoms with E-state index in [1.54, 1.807) is 6.20 Å². The van der Waals surface area contributed by atoms with Gasteiger partial charge in [0, 0.05) is 39.0 Å². The lowest BCUT2D eigenvalue weighted by molar-refractivity contribution is 0.670. The minimum absolute atomic E-state index is 0.498. The molecule has 0 bridgehead atoms. The van der Waals surface area contributed by atoms with Crippen molar-refractivity contribution in [2.75, 3.05) is 0 Å². The monoisotopic (exact) mass is 641 g/mol. The van der Waals surface area contributed by atoms with Crippen LogP contribution in [0.25, 0.3) is 94.9 Å². The zero-order valence-corrected chi connectivity index (χ0v) is 26.7. The van der Waals surface area contributed by atoms with Gasteiger partial charge in [0.05, 0.1) is 16.6 Å². The number of hydrogen-bond donors (Lipinski definition) is 0. The van der Waals surface area contributed by atoms with Crippen LogP contribution in [0.5, 0.6) is 0 Å². The van der Waals surface area contributed by atoms with Crippen molar-refractivity contribution < 1.29 is 4.42 Å². The number of rotatable bonds is 5. The summed E-state index contributed by atoms with van der Waals surface area (Å²) in [6.07, 6.45) is 1.75. The third kappa shape index (κ3) is 4.58. The zero-order chi connectivity index (χ0) is 33.0. The normalized spacial score (nSPS) is 11.6. The van der Waals surface area contributed by atoms with Gasteiger partial charge >= 0.3 is 0 Å². The van der Waals surface area contributed by atoms with Gasteiger partial charge in [-0.2, -0.15) is 0 Å². The number of pyridine rings is 1. The summed E-state index contributed by atoms with van der Waals surface area (Å²) < 4.78 is 9.08. The second-order valence-corrected chi connectivity index (χ2v) is 12.3. The second kappa shape index (κ2) is 11.4. The van der Waals surface area contributed by atoms with Crippen LogP contribution in [0.1, 0.15) is 0 Å². The van der Waals surface area contributed by atoms with Gasteiger partial charge in [0.25, 0.3) is 0 Å². The third-order valence-corrected chi connectivity index (χ3v) is 9.30. The van der Waals surface area contributed by atoms with Crippen LogP contribution in [-0.2, 0) is 0 Å². The smallest absolute Gasteiger partial charge is 0.182 e. The predicted molar refractivity (Wildman–Crippen MR) is 201 cm³/mol. The van der Waals surface area contributed by atoms with Gasteiger partial charge < -0.3 is 8.98 Å². The summed E-state index contributed by atoms with van der Waals surface area (Å²) in [7, 11) is 0. The number of hydrogen-bond acceptors (Lipinski definition) is 5. The Kier molecular flexibility index (Phi) is 6.39. The van der Waals surface area contributed by atoms with Crippen LogP contribution in [0.4, 0.5) is 0 Å². The lowest BCUT2D eigenvalue weighted by Crippen LogP contribution is -2.01. The molecule has 6 nitrogen and oxygen atoms in total. The number of fused-ring (bicyclic) bond motifs is 6. The summed E-state index contributed by atoms with van der Waals surface area (Å²) in [6, 6.07) is 54.0. The SMILES string of the molecule is c1ccc(-c2cccc(-c3nc(-c4ccccn4)nc(-c4cccc5c4oc4cc6c7ccccc7n(-c7ccccc7)c6cc45)n3)c2)cc1. The summed E-state index contributed by atoms with van der Waals surface area (Å²) in [5.41, 5.74) is 9.49. The Morgan fingerprint density at radius 3 is 2.00 bits per heavy atom. The summed E-state index contributed by atoms with van der Waals surface area (Å²) >= 11 is 0. The topological polar surface area (TPSA) is 69.6 Å². The molecule has 0 atom stereocenters. The largest absolute Gasteiger partial charge is 0.455 e. The molecule has 10 aromatic rings. The Morgan fingerprint density at radius 2 is 1.14 bits per heavy atom. The fraction of sp³-hybridized carbons (Fsp3) is 0. The Balaban J connectivity index is 1.20. The third-order valence-electron chi connectivity index (χ3n) is 9.30. The quantitative estimate of drug-likeness (QED) is 0.187. The first kappa shape index (κ1) is 28.1. The van der Waals surface area contributed by atoms with Crippen LogP contribution in [0, 0.1) is 0 Å². The van der Waals surface area contributed by atoms with Crippen molar-refractivity contribution in [3.63, 3.8) is 0 Å². The Hall–Kier alpha value is -6.92. The van der Waals surface area contributed by atoms with Gasteiger partial charge in [-0.3, -0.25) is 4.98 Å². The van der Waals surface area contributed by atoms with Gasteiger partial charge in [0.1, 0.15) is 16.9 Å². The molecule has 0 unspecified atom stereocenters. The molecule has 50 heavy (non-hydrogen) atoms. The molecule has 0 N–H and O–H groups in total. The highest BCUT2D eigenvalue weighted by molar-refractivity contribution is 6.18. The van der Waals surface area contributed by atoms with Gasteiger partial charge in [-0.05, 0) is 65.7 Å². The molecule has 234 valence electrons. The molecular weight excluding hydrogens is 615 g/mol. The molecule has 0 aliphatic rings. The fourth-order valence-corrected chi connectivity index (χ4v) is 6.99. The number of para-hydroxylation sites is 3. The highest BCUT2D eigenvalue weighted by Gasteiger charge is 2.20. The van der Waals surface area contributed by atoms with E-state index in [9.17, 15) is 0 Å². The lowest BCUT2D eigenvalue weighted by atomic mass is 10.0. The van der Waals surface area contributed by atoms with Gasteiger partial charge in [-0.15, -0.1) is 0 Å². The maximum atomic E-state index is 6.75. The van der Waals surface area contributed by atoms with Crippen molar-refractivity contribution in [2.24, 2.45) is 0 Å². The number of aromatic nitrogens is 5. The molecular formula is C44H27N5O. The maximum Gasteiger partial charge on any atom is 0.182 e. The van der Waals surface area contributed by atoms with Crippen LogP contribution >= 0.6 is 0 Å². The fourth-order valence-electron chi connectivity index (χ4n) is 6.99. The standard InChI is InChI=1S/C44H27N5O/c1-3-13-28(14-4-1)29-15-11-16-30(25-29)42-46-43(48-44(47-42)37-22-9-10-24-45-37)34-21-12-20-33-36-26-39-35(27-40(36)50-41(33)34)32-19-7-8-23-38(32)49(39)31-17-5-2-6-18-31/h1-27H. The molecule has 0 saturated heterocycles. The summed E-state index contributed by atoms with van der Waals surface area (Å²) in [5, 5.41) is 4.34. The van der Waals surface area contributed by atoms with Gasteiger partial charge in [0.2, 0.25) is 0 Å². The predicted octanol–water partition coefficient (Wildman–Crippen LogP) is 10.9. The summed E-state index contributed by atoms with van der Waals surface area (Å²) in [6.45, 7) is 0. The van der Waals surface area contributed by atoms with Crippen molar-refractivity contribution in [2.45, 2.75) is 0 Å². The van der Waals surface area contributed by atoms with E-state index in [2.05, 4.69) is 101 Å². The molecule has 0 aliphatic heterocycles. The summed E-state index contributed by atoms with van der Waals surface area (Å²) in [5.74, 6) is 1.59. The first-order chi connectivity index (χ1) is 24.8. The van der Waals surface area contributed by atoms with E-state index >= 15 is 0 Å². The second-order valence-electron chi connectivity index (χ2n) is 12.3. The molecule has 0 aliphatic carbocycles. The molecule has 0 fully saturated rings. The molecule has 0 radical (unpaired) electrons. The molecule has 6 heteroatoms. The van der Waals surface area contributed by atoms with Crippen LogP contribution in [0.15, 0.2) is 168 Å². The van der Waals surface area contributed by atoms with Crippen LogP contribution in [0.2, 0.25) is 0 Å². The Labute approximate surface area is 287 Å². The number of nitrogens with zero attached hydrogens (tertiary/aromatic N) is 5. The van der Waals surface area contributed by atoms with Gasteiger partial charge in [-0.25, -0.2) is 15.0 Å². The maximum absolute atomic E-state index is 6.75. The van der Waals surface area contributed by atoms with Crippen molar-refractivity contribution in [3.05, 3.63) is 164 Å². The molecule has 0 amide bonds. The van der Waals surface area contributed by atoms with Crippen LogP contribution in [-0.4, -0.2) is 24.5 Å². The molecule has 0 spiro atoms. The van der Waals surface area contributed by atoms with E-state index in [-0.39, 0.29) is 0 Å². The van der Waals surface area contributed by atoms with Crippen LogP contribution < -0.4 is 0 Å². The van der Waals surface area contributed by atoms with E-state index in [0.717, 1.165) is 66.3 Å². The van der Waals surface area contributed by atoms with E-state index in [4.69, 9.17) is 19.4 Å². The van der Waals surface area contributed by atoms with Gasteiger partial charge in [0.15, 0.2) is 17.5 Å². The first-order valence-corrected chi connectivity index (χ1v) is 16.6. The summed E-state index contributed by atoms with van der Waals surface area (Å²) in [4.78, 5) is 19.6. The molecule has 10 rings (SSSR count). The molecule has 4 aromatic heterocycles. The van der Waals surface area contributed by atoms with E-state index in [1.807, 2.05) is 66.7 Å². The van der Waals surface area contributed by atoms with Crippen molar-refractivity contribution >= 4 is 43.7 Å². The highest BCUT2D eigenvalue weighted by atomic mass is 16.3. The van der Waals surface area contributed by atoms with E-state index in [0.29, 0.717) is 23.2 Å². The number of benzene rings is 6. The van der Waals surface area contributed by atoms with Crippen molar-refractivity contribution in [3.8, 4) is 51.1 Å². The molecule has 4 heterocycles. The molecule has 0 saturated carbocycles. The first-order valence-electron chi connectivity index (χ1n) is 16.6.